The molecular weight excluding hydrogens is 294 g/mol. The molecule has 6 heteroatoms. The lowest BCUT2D eigenvalue weighted by atomic mass is 10.1. The van der Waals surface area contributed by atoms with Gasteiger partial charge in [0.2, 0.25) is 0 Å². The van der Waals surface area contributed by atoms with Crippen LogP contribution in [0.4, 0.5) is 14.5 Å². The molecule has 0 radical (unpaired) electrons. The number of carbonyl (C=O) groups is 1. The highest BCUT2D eigenvalue weighted by molar-refractivity contribution is 7.99. The summed E-state index contributed by atoms with van der Waals surface area (Å²) < 4.78 is 26.8. The van der Waals surface area contributed by atoms with Crippen LogP contribution >= 0.6 is 11.8 Å². The number of carbonyl (C=O) groups excluding carboxylic acids is 1. The van der Waals surface area contributed by atoms with Crippen molar-refractivity contribution in [2.75, 3.05) is 18.0 Å². The molecule has 0 bridgehead atoms. The number of anilines is 1. The average molecular weight is 308 g/mol. The van der Waals surface area contributed by atoms with Crippen molar-refractivity contribution >= 4 is 23.4 Å². The first-order valence-corrected chi connectivity index (χ1v) is 7.27. The Morgan fingerprint density at radius 1 is 1.19 bits per heavy atom. The van der Waals surface area contributed by atoms with E-state index >= 15 is 0 Å². The van der Waals surface area contributed by atoms with Gasteiger partial charge >= 0.3 is 0 Å². The maximum Gasteiger partial charge on any atom is 0.254 e. The van der Waals surface area contributed by atoms with Crippen molar-refractivity contribution in [1.82, 2.24) is 5.32 Å². The van der Waals surface area contributed by atoms with E-state index in [2.05, 4.69) is 5.32 Å². The van der Waals surface area contributed by atoms with Gasteiger partial charge < -0.3 is 11.1 Å². The Labute approximate surface area is 125 Å². The first-order valence-electron chi connectivity index (χ1n) is 6.28. The van der Waals surface area contributed by atoms with E-state index in [0.717, 1.165) is 17.0 Å². The minimum atomic E-state index is -0.899. The monoisotopic (exact) mass is 308 g/mol. The fourth-order valence-corrected chi connectivity index (χ4v) is 2.51. The SMILES string of the molecule is Nc1cc(F)cc(C(=O)NCCSc2ccccc2)c1F. The first kappa shape index (κ1) is 15.3. The summed E-state index contributed by atoms with van der Waals surface area (Å²) in [7, 11) is 0. The largest absolute Gasteiger partial charge is 0.396 e. The molecule has 0 unspecified atom stereocenters. The van der Waals surface area contributed by atoms with Gasteiger partial charge in [-0.3, -0.25) is 4.79 Å². The zero-order valence-corrected chi connectivity index (χ0v) is 11.9. The van der Waals surface area contributed by atoms with Gasteiger partial charge in [0, 0.05) is 17.2 Å². The van der Waals surface area contributed by atoms with Crippen LogP contribution in [0.1, 0.15) is 10.4 Å². The maximum atomic E-state index is 13.6. The van der Waals surface area contributed by atoms with Gasteiger partial charge in [-0.2, -0.15) is 0 Å². The van der Waals surface area contributed by atoms with Crippen molar-refractivity contribution in [1.29, 1.82) is 0 Å². The number of thioether (sulfide) groups is 1. The number of benzene rings is 2. The lowest BCUT2D eigenvalue weighted by Crippen LogP contribution is -2.27. The summed E-state index contributed by atoms with van der Waals surface area (Å²) in [6, 6.07) is 11.4. The van der Waals surface area contributed by atoms with Crippen LogP contribution in [-0.4, -0.2) is 18.2 Å². The standard InChI is InChI=1S/C15H14F2N2OS/c16-10-8-12(14(17)13(18)9-10)15(20)19-6-7-21-11-4-2-1-3-5-11/h1-5,8-9H,6-7,18H2,(H,19,20). The molecule has 3 N–H and O–H groups in total. The third-order valence-corrected chi connectivity index (χ3v) is 3.72. The van der Waals surface area contributed by atoms with Gasteiger partial charge in [0.05, 0.1) is 11.3 Å². The van der Waals surface area contributed by atoms with Crippen LogP contribution in [0.15, 0.2) is 47.4 Å². The number of rotatable bonds is 5. The van der Waals surface area contributed by atoms with Gasteiger partial charge in [-0.1, -0.05) is 18.2 Å². The summed E-state index contributed by atoms with van der Waals surface area (Å²) in [4.78, 5) is 12.9. The second kappa shape index (κ2) is 7.08. The van der Waals surface area contributed by atoms with E-state index in [1.54, 1.807) is 11.8 Å². The number of nitrogens with two attached hydrogens (primary N) is 1. The molecule has 0 spiro atoms. The number of amides is 1. The van der Waals surface area contributed by atoms with Crippen LogP contribution in [0.3, 0.4) is 0 Å². The minimum Gasteiger partial charge on any atom is -0.396 e. The molecular formula is C15H14F2N2OS. The summed E-state index contributed by atoms with van der Waals surface area (Å²) in [5, 5.41) is 2.54. The van der Waals surface area contributed by atoms with E-state index in [4.69, 9.17) is 5.73 Å². The Hall–Kier alpha value is -2.08. The molecule has 2 aromatic rings. The average Bonchev–Trinajstić information content (AvgIpc) is 2.48. The minimum absolute atomic E-state index is 0.342. The van der Waals surface area contributed by atoms with E-state index < -0.39 is 17.5 Å². The Kier molecular flexibility index (Phi) is 5.16. The van der Waals surface area contributed by atoms with Crippen LogP contribution in [0, 0.1) is 11.6 Å². The maximum absolute atomic E-state index is 13.6. The van der Waals surface area contributed by atoms with E-state index in [0.29, 0.717) is 12.3 Å². The zero-order chi connectivity index (χ0) is 15.2. The van der Waals surface area contributed by atoms with Crippen molar-refractivity contribution < 1.29 is 13.6 Å². The molecule has 0 aliphatic heterocycles. The molecule has 0 atom stereocenters. The Morgan fingerprint density at radius 3 is 2.62 bits per heavy atom. The number of hydrogen-bond donors (Lipinski definition) is 2. The summed E-state index contributed by atoms with van der Waals surface area (Å²) in [6.45, 7) is 0.342. The predicted octanol–water partition coefficient (Wildman–Crippen LogP) is 3.07. The van der Waals surface area contributed by atoms with Crippen molar-refractivity contribution in [2.24, 2.45) is 0 Å². The van der Waals surface area contributed by atoms with Crippen molar-refractivity contribution in [3.05, 3.63) is 59.7 Å². The third kappa shape index (κ3) is 4.19. The van der Waals surface area contributed by atoms with Crippen LogP contribution < -0.4 is 11.1 Å². The number of hydrogen-bond acceptors (Lipinski definition) is 3. The second-order valence-corrected chi connectivity index (χ2v) is 5.44. The lowest BCUT2D eigenvalue weighted by Gasteiger charge is -2.07. The summed E-state index contributed by atoms with van der Waals surface area (Å²) >= 11 is 1.56. The van der Waals surface area contributed by atoms with Gasteiger partial charge in [-0.25, -0.2) is 8.78 Å². The number of nitrogen functional groups attached to an aromatic ring is 1. The quantitative estimate of drug-likeness (QED) is 0.507. The van der Waals surface area contributed by atoms with E-state index in [9.17, 15) is 13.6 Å². The first-order chi connectivity index (χ1) is 10.1. The van der Waals surface area contributed by atoms with Crippen molar-refractivity contribution in [3.63, 3.8) is 0 Å². The predicted molar refractivity (Wildman–Crippen MR) is 80.3 cm³/mol. The highest BCUT2D eigenvalue weighted by atomic mass is 32.2. The fraction of sp³-hybridized carbons (Fsp3) is 0.133. The molecule has 0 aromatic heterocycles. The Balaban J connectivity index is 1.88. The van der Waals surface area contributed by atoms with Crippen LogP contribution in [-0.2, 0) is 0 Å². The topological polar surface area (TPSA) is 55.1 Å². The smallest absolute Gasteiger partial charge is 0.254 e. The zero-order valence-electron chi connectivity index (χ0n) is 11.1. The summed E-state index contributed by atoms with van der Waals surface area (Å²) in [6.07, 6.45) is 0. The number of halogens is 2. The van der Waals surface area contributed by atoms with E-state index in [-0.39, 0.29) is 11.3 Å². The molecule has 0 fully saturated rings. The van der Waals surface area contributed by atoms with Crippen LogP contribution in [0.25, 0.3) is 0 Å². The van der Waals surface area contributed by atoms with Gasteiger partial charge in [-0.05, 0) is 24.3 Å². The molecule has 0 heterocycles. The Morgan fingerprint density at radius 2 is 1.90 bits per heavy atom. The molecule has 0 saturated heterocycles. The molecule has 0 saturated carbocycles. The van der Waals surface area contributed by atoms with Crippen molar-refractivity contribution in [2.45, 2.75) is 4.90 Å². The van der Waals surface area contributed by atoms with Gasteiger partial charge in [-0.15, -0.1) is 11.8 Å². The van der Waals surface area contributed by atoms with Gasteiger partial charge in [0.1, 0.15) is 5.82 Å². The molecule has 1 amide bonds. The van der Waals surface area contributed by atoms with Gasteiger partial charge in [0.15, 0.2) is 5.82 Å². The van der Waals surface area contributed by atoms with Crippen LogP contribution in [0.2, 0.25) is 0 Å². The molecule has 2 aromatic carbocycles. The summed E-state index contributed by atoms with van der Waals surface area (Å²) in [5.41, 5.74) is 4.54. The van der Waals surface area contributed by atoms with E-state index in [1.165, 1.54) is 0 Å². The highest BCUT2D eigenvalue weighted by Crippen LogP contribution is 2.18. The van der Waals surface area contributed by atoms with Crippen LogP contribution in [0.5, 0.6) is 0 Å². The molecule has 0 aliphatic carbocycles. The molecule has 0 aliphatic rings. The fourth-order valence-electron chi connectivity index (χ4n) is 1.72. The summed E-state index contributed by atoms with van der Waals surface area (Å²) in [5.74, 6) is -1.68. The van der Waals surface area contributed by atoms with Gasteiger partial charge in [0.25, 0.3) is 5.91 Å². The second-order valence-electron chi connectivity index (χ2n) is 4.27. The molecule has 110 valence electrons. The molecule has 3 nitrogen and oxygen atoms in total. The highest BCUT2D eigenvalue weighted by Gasteiger charge is 2.15. The molecule has 21 heavy (non-hydrogen) atoms. The normalized spacial score (nSPS) is 10.4. The molecule has 2 rings (SSSR count). The number of nitrogens with one attached hydrogen (secondary N) is 1. The Bertz CT molecular complexity index is 635. The third-order valence-electron chi connectivity index (χ3n) is 2.71. The van der Waals surface area contributed by atoms with E-state index in [1.807, 2.05) is 30.3 Å². The van der Waals surface area contributed by atoms with Crippen molar-refractivity contribution in [3.8, 4) is 0 Å². The lowest BCUT2D eigenvalue weighted by molar-refractivity contribution is 0.0951.